The Morgan fingerprint density at radius 2 is 1.75 bits per heavy atom. The van der Waals surface area contributed by atoms with Gasteiger partial charge < -0.3 is 10.6 Å². The van der Waals surface area contributed by atoms with E-state index in [0.717, 1.165) is 30.2 Å². The zero-order valence-corrected chi connectivity index (χ0v) is 13.7. The molecule has 0 aliphatic carbocycles. The Kier molecular flexibility index (Phi) is 7.51. The molecule has 0 aliphatic heterocycles. The van der Waals surface area contributed by atoms with Crippen molar-refractivity contribution >= 4 is 22.4 Å². The standard InChI is InChI=1S/C14H26N4OS/c1-5-7-15-13-12(11(3)4)14(18-10-17-13)16-8-9-20(19)6-2/h10-11H,5-9H2,1-4H3,(H2,15,16,17,18). The lowest BCUT2D eigenvalue weighted by molar-refractivity contribution is 0.684. The molecule has 0 bridgehead atoms. The molecule has 6 heteroatoms. The van der Waals surface area contributed by atoms with Crippen LogP contribution in [0.2, 0.25) is 0 Å². The maximum atomic E-state index is 11.5. The predicted molar refractivity (Wildman–Crippen MR) is 86.9 cm³/mol. The molecule has 20 heavy (non-hydrogen) atoms. The van der Waals surface area contributed by atoms with Crippen molar-refractivity contribution in [3.05, 3.63) is 11.9 Å². The first-order chi connectivity index (χ1) is 9.60. The molecule has 0 fully saturated rings. The van der Waals surface area contributed by atoms with Gasteiger partial charge in [-0.3, -0.25) is 4.21 Å². The zero-order valence-electron chi connectivity index (χ0n) is 12.9. The van der Waals surface area contributed by atoms with E-state index < -0.39 is 10.8 Å². The quantitative estimate of drug-likeness (QED) is 0.733. The molecule has 0 aromatic carbocycles. The highest BCUT2D eigenvalue weighted by molar-refractivity contribution is 7.84. The summed E-state index contributed by atoms with van der Waals surface area (Å²) in [5.41, 5.74) is 1.10. The molecule has 0 aliphatic rings. The van der Waals surface area contributed by atoms with Gasteiger partial charge in [0.15, 0.2) is 0 Å². The fraction of sp³-hybridized carbons (Fsp3) is 0.714. The van der Waals surface area contributed by atoms with Gasteiger partial charge in [0.1, 0.15) is 18.0 Å². The van der Waals surface area contributed by atoms with Crippen LogP contribution in [-0.2, 0) is 10.8 Å². The van der Waals surface area contributed by atoms with Crippen LogP contribution in [0, 0.1) is 0 Å². The van der Waals surface area contributed by atoms with Crippen molar-refractivity contribution in [2.24, 2.45) is 0 Å². The van der Waals surface area contributed by atoms with Crippen molar-refractivity contribution < 1.29 is 4.21 Å². The smallest absolute Gasteiger partial charge is 0.135 e. The molecule has 114 valence electrons. The Hall–Kier alpha value is -1.17. The van der Waals surface area contributed by atoms with Gasteiger partial charge in [0.2, 0.25) is 0 Å². The number of nitrogens with zero attached hydrogens (tertiary/aromatic N) is 2. The summed E-state index contributed by atoms with van der Waals surface area (Å²) < 4.78 is 11.5. The highest BCUT2D eigenvalue weighted by Crippen LogP contribution is 2.28. The molecule has 5 nitrogen and oxygen atoms in total. The van der Waals surface area contributed by atoms with E-state index in [0.29, 0.717) is 24.0 Å². The van der Waals surface area contributed by atoms with Crippen LogP contribution in [-0.4, -0.2) is 38.8 Å². The Balaban J connectivity index is 2.80. The first-order valence-corrected chi connectivity index (χ1v) is 8.76. The highest BCUT2D eigenvalue weighted by Gasteiger charge is 2.14. The van der Waals surface area contributed by atoms with E-state index in [1.807, 2.05) is 6.92 Å². The minimum atomic E-state index is -0.750. The zero-order chi connectivity index (χ0) is 15.0. The molecule has 1 aromatic rings. The molecule has 0 radical (unpaired) electrons. The van der Waals surface area contributed by atoms with Gasteiger partial charge in [0.05, 0.1) is 0 Å². The van der Waals surface area contributed by atoms with Crippen molar-refractivity contribution in [2.75, 3.05) is 35.2 Å². The van der Waals surface area contributed by atoms with Gasteiger partial charge >= 0.3 is 0 Å². The van der Waals surface area contributed by atoms with Crippen molar-refractivity contribution in [3.63, 3.8) is 0 Å². The molecule has 0 amide bonds. The van der Waals surface area contributed by atoms with E-state index in [9.17, 15) is 4.21 Å². The van der Waals surface area contributed by atoms with Crippen LogP contribution < -0.4 is 10.6 Å². The van der Waals surface area contributed by atoms with Crippen LogP contribution in [0.3, 0.4) is 0 Å². The van der Waals surface area contributed by atoms with Crippen LogP contribution >= 0.6 is 0 Å². The Labute approximate surface area is 124 Å². The molecule has 0 spiro atoms. The van der Waals surface area contributed by atoms with Crippen LogP contribution in [0.5, 0.6) is 0 Å². The van der Waals surface area contributed by atoms with Gasteiger partial charge in [-0.05, 0) is 12.3 Å². The third kappa shape index (κ3) is 5.07. The van der Waals surface area contributed by atoms with Gasteiger partial charge in [-0.25, -0.2) is 9.97 Å². The molecule has 2 N–H and O–H groups in total. The summed E-state index contributed by atoms with van der Waals surface area (Å²) in [4.78, 5) is 8.67. The predicted octanol–water partition coefficient (Wildman–Crippen LogP) is 2.60. The van der Waals surface area contributed by atoms with Gasteiger partial charge in [-0.2, -0.15) is 0 Å². The number of hydrogen-bond donors (Lipinski definition) is 2. The molecule has 1 aromatic heterocycles. The second-order valence-corrected chi connectivity index (χ2v) is 6.79. The van der Waals surface area contributed by atoms with Crippen LogP contribution in [0.1, 0.15) is 45.6 Å². The first-order valence-electron chi connectivity index (χ1n) is 7.27. The van der Waals surface area contributed by atoms with Crippen LogP contribution in [0.4, 0.5) is 11.6 Å². The Morgan fingerprint density at radius 3 is 2.25 bits per heavy atom. The molecule has 1 heterocycles. The van der Waals surface area contributed by atoms with Gasteiger partial charge in [-0.1, -0.05) is 27.7 Å². The van der Waals surface area contributed by atoms with E-state index in [1.165, 1.54) is 0 Å². The molecule has 0 saturated carbocycles. The van der Waals surface area contributed by atoms with E-state index in [2.05, 4.69) is 41.4 Å². The molecule has 1 unspecified atom stereocenters. The van der Waals surface area contributed by atoms with Gasteiger partial charge in [0.25, 0.3) is 0 Å². The lowest BCUT2D eigenvalue weighted by Gasteiger charge is -2.17. The first kappa shape index (κ1) is 16.9. The minimum absolute atomic E-state index is 0.328. The van der Waals surface area contributed by atoms with E-state index >= 15 is 0 Å². The third-order valence-corrected chi connectivity index (χ3v) is 4.25. The number of aromatic nitrogens is 2. The van der Waals surface area contributed by atoms with Crippen molar-refractivity contribution in [1.29, 1.82) is 0 Å². The van der Waals surface area contributed by atoms with Crippen LogP contribution in [0.15, 0.2) is 6.33 Å². The molecular formula is C14H26N4OS. The summed E-state index contributed by atoms with van der Waals surface area (Å²) in [6, 6.07) is 0. The van der Waals surface area contributed by atoms with Crippen LogP contribution in [0.25, 0.3) is 0 Å². The largest absolute Gasteiger partial charge is 0.370 e. The second kappa shape index (κ2) is 8.89. The molecule has 0 saturated heterocycles. The molecular weight excluding hydrogens is 272 g/mol. The number of hydrogen-bond acceptors (Lipinski definition) is 5. The molecule has 1 rings (SSSR count). The Bertz CT molecular complexity index is 437. The summed E-state index contributed by atoms with van der Waals surface area (Å²) in [6.07, 6.45) is 2.63. The SMILES string of the molecule is CCCNc1ncnc(NCCS(=O)CC)c1C(C)C. The number of rotatable bonds is 9. The maximum absolute atomic E-state index is 11.5. The van der Waals surface area contributed by atoms with E-state index in [1.54, 1.807) is 6.33 Å². The van der Waals surface area contributed by atoms with Gasteiger partial charge in [0, 0.05) is 41.0 Å². The summed E-state index contributed by atoms with van der Waals surface area (Å²) in [6.45, 7) is 9.90. The number of nitrogens with one attached hydrogen (secondary N) is 2. The summed E-state index contributed by atoms with van der Waals surface area (Å²) >= 11 is 0. The monoisotopic (exact) mass is 298 g/mol. The van der Waals surface area contributed by atoms with E-state index in [-0.39, 0.29) is 0 Å². The van der Waals surface area contributed by atoms with Crippen molar-refractivity contribution in [3.8, 4) is 0 Å². The summed E-state index contributed by atoms with van der Waals surface area (Å²) in [5, 5.41) is 6.64. The Morgan fingerprint density at radius 1 is 1.15 bits per heavy atom. The van der Waals surface area contributed by atoms with Gasteiger partial charge in [-0.15, -0.1) is 0 Å². The lowest BCUT2D eigenvalue weighted by Crippen LogP contribution is -2.16. The van der Waals surface area contributed by atoms with Crippen molar-refractivity contribution in [2.45, 2.75) is 40.0 Å². The maximum Gasteiger partial charge on any atom is 0.135 e. The summed E-state index contributed by atoms with van der Waals surface area (Å²) in [7, 11) is -0.750. The summed E-state index contributed by atoms with van der Waals surface area (Å²) in [5.74, 6) is 3.43. The molecule has 1 atom stereocenters. The average molecular weight is 298 g/mol. The van der Waals surface area contributed by atoms with E-state index in [4.69, 9.17) is 0 Å². The second-order valence-electron chi connectivity index (χ2n) is 4.93. The number of anilines is 2. The fourth-order valence-electron chi connectivity index (χ4n) is 1.90. The normalized spacial score (nSPS) is 12.4. The fourth-order valence-corrected chi connectivity index (χ4v) is 2.51. The third-order valence-electron chi connectivity index (χ3n) is 2.95. The minimum Gasteiger partial charge on any atom is -0.370 e. The lowest BCUT2D eigenvalue weighted by atomic mass is 10.0. The highest BCUT2D eigenvalue weighted by atomic mass is 32.2. The topological polar surface area (TPSA) is 66.9 Å². The van der Waals surface area contributed by atoms with Crippen molar-refractivity contribution in [1.82, 2.24) is 9.97 Å². The average Bonchev–Trinajstić information content (AvgIpc) is 2.44.